The van der Waals surface area contributed by atoms with Crippen molar-refractivity contribution < 1.29 is 14.3 Å². The maximum absolute atomic E-state index is 13.0. The number of carbonyl (C=O) groups is 1. The Balaban J connectivity index is 1.72. The van der Waals surface area contributed by atoms with E-state index in [1.165, 1.54) is 18.6 Å². The molecule has 0 aromatic heterocycles. The molecule has 1 saturated carbocycles. The number of benzene rings is 1. The Labute approximate surface area is 118 Å². The highest BCUT2D eigenvalue weighted by Gasteiger charge is 2.28. The van der Waals surface area contributed by atoms with Crippen molar-refractivity contribution in [2.75, 3.05) is 18.4 Å². The first-order chi connectivity index (χ1) is 9.57. The van der Waals surface area contributed by atoms with Crippen molar-refractivity contribution in [3.8, 4) is 0 Å². The number of hydrogen-bond donors (Lipinski definition) is 3. The summed E-state index contributed by atoms with van der Waals surface area (Å²) >= 11 is 0. The molecule has 3 N–H and O–H groups in total. The average Bonchev–Trinajstić information content (AvgIpc) is 2.39. The van der Waals surface area contributed by atoms with Crippen molar-refractivity contribution in [3.05, 3.63) is 30.1 Å². The van der Waals surface area contributed by atoms with E-state index in [9.17, 15) is 14.3 Å². The van der Waals surface area contributed by atoms with Gasteiger partial charge in [-0.15, -0.1) is 0 Å². The minimum absolute atomic E-state index is 0.110. The van der Waals surface area contributed by atoms with Crippen molar-refractivity contribution in [2.45, 2.75) is 37.7 Å². The van der Waals surface area contributed by atoms with Crippen molar-refractivity contribution in [1.82, 2.24) is 5.32 Å². The van der Waals surface area contributed by atoms with E-state index >= 15 is 0 Å². The Bertz CT molecular complexity index is 459. The molecule has 0 unspecified atom stereocenters. The van der Waals surface area contributed by atoms with Crippen LogP contribution in [0.15, 0.2) is 24.3 Å². The topological polar surface area (TPSA) is 61.4 Å². The molecular formula is C15H21FN2O2. The number of amides is 1. The fourth-order valence-electron chi connectivity index (χ4n) is 2.57. The molecule has 110 valence electrons. The second kappa shape index (κ2) is 6.81. The number of aliphatic hydroxyl groups is 1. The molecule has 0 spiro atoms. The summed E-state index contributed by atoms with van der Waals surface area (Å²) in [6.45, 7) is 0.530. The maximum atomic E-state index is 13.0. The Morgan fingerprint density at radius 1 is 1.30 bits per heavy atom. The van der Waals surface area contributed by atoms with Crippen LogP contribution in [0.2, 0.25) is 0 Å². The normalized spacial score (nSPS) is 17.7. The number of halogens is 1. The number of anilines is 1. The zero-order valence-electron chi connectivity index (χ0n) is 11.5. The maximum Gasteiger partial charge on any atom is 0.238 e. The second-order valence-electron chi connectivity index (χ2n) is 5.45. The van der Waals surface area contributed by atoms with Gasteiger partial charge >= 0.3 is 0 Å². The molecule has 0 atom stereocenters. The molecule has 0 saturated heterocycles. The lowest BCUT2D eigenvalue weighted by Gasteiger charge is -2.32. The van der Waals surface area contributed by atoms with E-state index in [0.717, 1.165) is 25.7 Å². The summed E-state index contributed by atoms with van der Waals surface area (Å²) in [5.74, 6) is -0.623. The lowest BCUT2D eigenvalue weighted by Crippen LogP contribution is -2.44. The van der Waals surface area contributed by atoms with E-state index in [1.807, 2.05) is 0 Å². The van der Waals surface area contributed by atoms with Gasteiger partial charge in [0.05, 0.1) is 12.1 Å². The van der Waals surface area contributed by atoms with Crippen LogP contribution in [0.25, 0.3) is 0 Å². The molecule has 1 aliphatic rings. The summed E-state index contributed by atoms with van der Waals surface area (Å²) in [7, 11) is 0. The molecule has 1 aromatic carbocycles. The molecule has 0 bridgehead atoms. The van der Waals surface area contributed by atoms with Crippen LogP contribution >= 0.6 is 0 Å². The van der Waals surface area contributed by atoms with Crippen molar-refractivity contribution in [2.24, 2.45) is 0 Å². The van der Waals surface area contributed by atoms with Gasteiger partial charge in [0.1, 0.15) is 5.82 Å². The number of nitrogens with one attached hydrogen (secondary N) is 2. The van der Waals surface area contributed by atoms with Gasteiger partial charge in [-0.2, -0.15) is 0 Å². The van der Waals surface area contributed by atoms with Crippen LogP contribution in [-0.4, -0.2) is 29.7 Å². The van der Waals surface area contributed by atoms with Crippen molar-refractivity contribution in [3.63, 3.8) is 0 Å². The predicted octanol–water partition coefficient (Wildman–Crippen LogP) is 2.05. The lowest BCUT2D eigenvalue weighted by atomic mass is 9.85. The summed E-state index contributed by atoms with van der Waals surface area (Å²) in [5.41, 5.74) is -0.245. The van der Waals surface area contributed by atoms with Gasteiger partial charge in [0, 0.05) is 12.2 Å². The van der Waals surface area contributed by atoms with Gasteiger partial charge in [0.25, 0.3) is 0 Å². The van der Waals surface area contributed by atoms with E-state index in [2.05, 4.69) is 10.6 Å². The van der Waals surface area contributed by atoms with E-state index in [-0.39, 0.29) is 18.3 Å². The Kier molecular flexibility index (Phi) is 5.09. The third kappa shape index (κ3) is 4.58. The van der Waals surface area contributed by atoms with Crippen LogP contribution in [0.1, 0.15) is 32.1 Å². The van der Waals surface area contributed by atoms with Gasteiger partial charge in [0.15, 0.2) is 0 Å². The third-order valence-corrected chi connectivity index (χ3v) is 3.63. The summed E-state index contributed by atoms with van der Waals surface area (Å²) in [5, 5.41) is 15.9. The Morgan fingerprint density at radius 3 is 2.75 bits per heavy atom. The molecule has 0 heterocycles. The summed E-state index contributed by atoms with van der Waals surface area (Å²) in [6, 6.07) is 5.78. The van der Waals surface area contributed by atoms with Crippen molar-refractivity contribution >= 4 is 11.6 Å². The van der Waals surface area contributed by atoms with Gasteiger partial charge < -0.3 is 15.7 Å². The quantitative estimate of drug-likeness (QED) is 0.773. The molecule has 1 aromatic rings. The van der Waals surface area contributed by atoms with Gasteiger partial charge in [-0.05, 0) is 31.0 Å². The molecule has 20 heavy (non-hydrogen) atoms. The standard InChI is InChI=1S/C15H21FN2O2/c16-12-5-4-6-13(9-12)18-14(19)10-17-11-15(20)7-2-1-3-8-15/h4-6,9,17,20H,1-3,7-8,10-11H2,(H,18,19). The highest BCUT2D eigenvalue weighted by atomic mass is 19.1. The molecule has 0 aliphatic heterocycles. The largest absolute Gasteiger partial charge is 0.389 e. The minimum atomic E-state index is -0.683. The van der Waals surface area contributed by atoms with E-state index in [1.54, 1.807) is 12.1 Å². The number of rotatable bonds is 5. The van der Waals surface area contributed by atoms with E-state index in [0.29, 0.717) is 12.2 Å². The van der Waals surface area contributed by atoms with Crippen molar-refractivity contribution in [1.29, 1.82) is 0 Å². The average molecular weight is 280 g/mol. The molecule has 2 rings (SSSR count). The Morgan fingerprint density at radius 2 is 2.05 bits per heavy atom. The van der Waals surface area contributed by atoms with Crippen LogP contribution in [0.5, 0.6) is 0 Å². The van der Waals surface area contributed by atoms with Crippen LogP contribution in [-0.2, 0) is 4.79 Å². The molecule has 5 heteroatoms. The van der Waals surface area contributed by atoms with Crippen LogP contribution in [0.3, 0.4) is 0 Å². The Hall–Kier alpha value is -1.46. The first-order valence-electron chi connectivity index (χ1n) is 7.06. The SMILES string of the molecule is O=C(CNCC1(O)CCCCC1)Nc1cccc(F)c1. The summed E-state index contributed by atoms with van der Waals surface area (Å²) in [6.07, 6.45) is 4.81. The third-order valence-electron chi connectivity index (χ3n) is 3.63. The highest BCUT2D eigenvalue weighted by molar-refractivity contribution is 5.92. The van der Waals surface area contributed by atoms with Crippen LogP contribution in [0, 0.1) is 5.82 Å². The monoisotopic (exact) mass is 280 g/mol. The molecule has 1 amide bonds. The molecule has 1 aliphatic carbocycles. The smallest absolute Gasteiger partial charge is 0.238 e. The second-order valence-corrected chi connectivity index (χ2v) is 5.45. The summed E-state index contributed by atoms with van der Waals surface area (Å²) in [4.78, 5) is 11.7. The lowest BCUT2D eigenvalue weighted by molar-refractivity contribution is -0.115. The first kappa shape index (κ1) is 14.9. The van der Waals surface area contributed by atoms with Crippen LogP contribution in [0.4, 0.5) is 10.1 Å². The highest BCUT2D eigenvalue weighted by Crippen LogP contribution is 2.27. The minimum Gasteiger partial charge on any atom is -0.389 e. The van der Waals surface area contributed by atoms with Gasteiger partial charge in [-0.25, -0.2) is 4.39 Å². The van der Waals surface area contributed by atoms with Crippen LogP contribution < -0.4 is 10.6 Å². The fourth-order valence-corrected chi connectivity index (χ4v) is 2.57. The summed E-state index contributed by atoms with van der Waals surface area (Å²) < 4.78 is 13.0. The number of hydrogen-bond acceptors (Lipinski definition) is 3. The van der Waals surface area contributed by atoms with E-state index < -0.39 is 5.60 Å². The first-order valence-corrected chi connectivity index (χ1v) is 7.06. The zero-order valence-corrected chi connectivity index (χ0v) is 11.5. The number of carbonyl (C=O) groups excluding carboxylic acids is 1. The van der Waals surface area contributed by atoms with E-state index in [4.69, 9.17) is 0 Å². The predicted molar refractivity (Wildman–Crippen MR) is 75.9 cm³/mol. The fraction of sp³-hybridized carbons (Fsp3) is 0.533. The molecular weight excluding hydrogens is 259 g/mol. The van der Waals surface area contributed by atoms with Gasteiger partial charge in [-0.1, -0.05) is 25.3 Å². The van der Waals surface area contributed by atoms with Gasteiger partial charge in [-0.3, -0.25) is 4.79 Å². The van der Waals surface area contributed by atoms with Gasteiger partial charge in [0.2, 0.25) is 5.91 Å². The molecule has 1 fully saturated rings. The zero-order chi connectivity index (χ0) is 14.4. The molecule has 4 nitrogen and oxygen atoms in total. The molecule has 0 radical (unpaired) electrons.